The van der Waals surface area contributed by atoms with Crippen molar-refractivity contribution in [1.82, 2.24) is 25.1 Å². The number of hydrogen-bond donors (Lipinski definition) is 0. The maximum atomic E-state index is 5.63. The second-order valence-corrected chi connectivity index (χ2v) is 7.02. The van der Waals surface area contributed by atoms with E-state index in [1.807, 2.05) is 20.0 Å². The molecule has 0 N–H and O–H groups in total. The van der Waals surface area contributed by atoms with E-state index in [1.165, 1.54) is 24.8 Å². The van der Waals surface area contributed by atoms with Gasteiger partial charge in [0, 0.05) is 36.8 Å². The smallest absolute Gasteiger partial charge is 0.316 e. The molecule has 0 radical (unpaired) electrons. The van der Waals surface area contributed by atoms with Gasteiger partial charge in [-0.05, 0) is 44.7 Å². The number of hydrogen-bond acceptors (Lipinski definition) is 7. The Morgan fingerprint density at radius 2 is 2.08 bits per heavy atom. The first-order valence-electron chi connectivity index (χ1n) is 8.48. The summed E-state index contributed by atoms with van der Waals surface area (Å²) in [6.07, 6.45) is 5.45. The fourth-order valence-corrected chi connectivity index (χ4v) is 3.82. The van der Waals surface area contributed by atoms with E-state index in [1.54, 1.807) is 7.11 Å². The van der Waals surface area contributed by atoms with Crippen molar-refractivity contribution >= 4 is 0 Å². The Kier molecular flexibility index (Phi) is 3.75. The SMILES string of the molecule is COc1ncc(CN2CCC3(CC2)CC3c2nnc(C)o2)c(C)n1. The lowest BCUT2D eigenvalue weighted by atomic mass is 9.90. The molecule has 128 valence electrons. The summed E-state index contributed by atoms with van der Waals surface area (Å²) in [6, 6.07) is 0.435. The van der Waals surface area contributed by atoms with Crippen LogP contribution in [0.2, 0.25) is 0 Å². The third-order valence-electron chi connectivity index (χ3n) is 5.52. The highest BCUT2D eigenvalue weighted by molar-refractivity contribution is 5.20. The number of rotatable bonds is 4. The fraction of sp³-hybridized carbons (Fsp3) is 0.647. The third-order valence-corrected chi connectivity index (χ3v) is 5.52. The predicted octanol–water partition coefficient (Wildman–Crippen LogP) is 2.25. The van der Waals surface area contributed by atoms with Crippen molar-refractivity contribution in [3.8, 4) is 6.01 Å². The van der Waals surface area contributed by atoms with E-state index in [9.17, 15) is 0 Å². The van der Waals surface area contributed by atoms with Gasteiger partial charge in [-0.25, -0.2) is 9.97 Å². The van der Waals surface area contributed by atoms with Gasteiger partial charge in [0.2, 0.25) is 11.8 Å². The van der Waals surface area contributed by atoms with E-state index < -0.39 is 0 Å². The lowest BCUT2D eigenvalue weighted by molar-refractivity contribution is 0.159. The van der Waals surface area contributed by atoms with Crippen LogP contribution in [0.15, 0.2) is 10.6 Å². The first-order valence-corrected chi connectivity index (χ1v) is 8.48. The Hall–Kier alpha value is -2.02. The first kappa shape index (κ1) is 15.5. The summed E-state index contributed by atoms with van der Waals surface area (Å²) >= 11 is 0. The van der Waals surface area contributed by atoms with Gasteiger partial charge in [0.25, 0.3) is 0 Å². The second-order valence-electron chi connectivity index (χ2n) is 7.02. The largest absolute Gasteiger partial charge is 0.467 e. The zero-order chi connectivity index (χ0) is 16.7. The number of nitrogens with zero attached hydrogens (tertiary/aromatic N) is 5. The van der Waals surface area contributed by atoms with Crippen LogP contribution in [0, 0.1) is 19.3 Å². The number of ether oxygens (including phenoxy) is 1. The van der Waals surface area contributed by atoms with E-state index >= 15 is 0 Å². The van der Waals surface area contributed by atoms with Gasteiger partial charge in [-0.2, -0.15) is 0 Å². The lowest BCUT2D eigenvalue weighted by Gasteiger charge is -2.32. The molecule has 7 nitrogen and oxygen atoms in total. The van der Waals surface area contributed by atoms with Gasteiger partial charge in [0.15, 0.2) is 0 Å². The van der Waals surface area contributed by atoms with Crippen LogP contribution in [0.5, 0.6) is 6.01 Å². The fourth-order valence-electron chi connectivity index (χ4n) is 3.82. The molecule has 3 heterocycles. The standard InChI is InChI=1S/C17H23N5O2/c1-11-13(9-18-16(19-11)23-3)10-22-6-4-17(5-7-22)8-14(17)15-21-20-12(2)24-15/h9,14H,4-8,10H2,1-3H3. The van der Waals surface area contributed by atoms with Crippen molar-refractivity contribution in [3.63, 3.8) is 0 Å². The van der Waals surface area contributed by atoms with E-state index in [-0.39, 0.29) is 0 Å². The van der Waals surface area contributed by atoms with Gasteiger partial charge in [-0.15, -0.1) is 10.2 Å². The van der Waals surface area contributed by atoms with Gasteiger partial charge in [0.05, 0.1) is 7.11 Å². The van der Waals surface area contributed by atoms with Gasteiger partial charge in [-0.3, -0.25) is 4.90 Å². The zero-order valence-corrected chi connectivity index (χ0v) is 14.4. The Bertz CT molecular complexity index is 736. The predicted molar refractivity (Wildman–Crippen MR) is 86.7 cm³/mol. The second kappa shape index (κ2) is 5.81. The Morgan fingerprint density at radius 1 is 1.29 bits per heavy atom. The lowest BCUT2D eigenvalue weighted by Crippen LogP contribution is -2.34. The average Bonchev–Trinajstić information content (AvgIpc) is 3.11. The van der Waals surface area contributed by atoms with Crippen molar-refractivity contribution in [2.45, 2.75) is 45.6 Å². The summed E-state index contributed by atoms with van der Waals surface area (Å²) in [7, 11) is 1.59. The molecule has 24 heavy (non-hydrogen) atoms. The monoisotopic (exact) mass is 329 g/mol. The quantitative estimate of drug-likeness (QED) is 0.851. The van der Waals surface area contributed by atoms with Crippen molar-refractivity contribution in [2.24, 2.45) is 5.41 Å². The van der Waals surface area contributed by atoms with Crippen LogP contribution in [-0.4, -0.2) is 45.3 Å². The minimum absolute atomic E-state index is 0.390. The number of likely N-dealkylation sites (tertiary alicyclic amines) is 1. The zero-order valence-electron chi connectivity index (χ0n) is 14.4. The van der Waals surface area contributed by atoms with Crippen LogP contribution in [0.3, 0.4) is 0 Å². The number of aromatic nitrogens is 4. The molecule has 7 heteroatoms. The van der Waals surface area contributed by atoms with Gasteiger partial charge in [0.1, 0.15) is 0 Å². The molecule has 2 aromatic heterocycles. The molecule has 1 saturated carbocycles. The highest BCUT2D eigenvalue weighted by Crippen LogP contribution is 2.64. The summed E-state index contributed by atoms with van der Waals surface area (Å²) in [5.41, 5.74) is 2.56. The average molecular weight is 329 g/mol. The minimum Gasteiger partial charge on any atom is -0.467 e. The van der Waals surface area contributed by atoms with E-state index in [2.05, 4.69) is 25.1 Å². The van der Waals surface area contributed by atoms with E-state index in [4.69, 9.17) is 9.15 Å². The summed E-state index contributed by atoms with van der Waals surface area (Å²) < 4.78 is 10.7. The van der Waals surface area contributed by atoms with Crippen molar-refractivity contribution < 1.29 is 9.15 Å². The number of methoxy groups -OCH3 is 1. The first-order chi connectivity index (χ1) is 11.6. The molecular weight excluding hydrogens is 306 g/mol. The summed E-state index contributed by atoms with van der Waals surface area (Å²) in [6.45, 7) is 6.95. The molecule has 2 aliphatic rings. The minimum atomic E-state index is 0.390. The van der Waals surface area contributed by atoms with E-state index in [0.29, 0.717) is 23.2 Å². The summed E-state index contributed by atoms with van der Waals surface area (Å²) in [5, 5.41) is 8.18. The Labute approximate surface area is 141 Å². The van der Waals surface area contributed by atoms with Crippen LogP contribution in [0.4, 0.5) is 0 Å². The van der Waals surface area contributed by atoms with E-state index in [0.717, 1.165) is 31.2 Å². The Balaban J connectivity index is 1.36. The van der Waals surface area contributed by atoms with Crippen molar-refractivity contribution in [1.29, 1.82) is 0 Å². The summed E-state index contributed by atoms with van der Waals surface area (Å²) in [4.78, 5) is 11.1. The normalized spacial score (nSPS) is 22.7. The van der Waals surface area contributed by atoms with Crippen molar-refractivity contribution in [2.75, 3.05) is 20.2 Å². The molecular formula is C17H23N5O2. The maximum absolute atomic E-state index is 5.63. The number of aryl methyl sites for hydroxylation is 2. The topological polar surface area (TPSA) is 77.2 Å². The molecule has 1 unspecified atom stereocenters. The van der Waals surface area contributed by atoms with Crippen LogP contribution in [0.1, 0.15) is 48.2 Å². The molecule has 1 spiro atoms. The molecule has 0 bridgehead atoms. The van der Waals surface area contributed by atoms with Gasteiger partial charge < -0.3 is 9.15 Å². The maximum Gasteiger partial charge on any atom is 0.316 e. The molecule has 0 aromatic carbocycles. The third kappa shape index (κ3) is 2.77. The van der Waals surface area contributed by atoms with Crippen molar-refractivity contribution in [3.05, 3.63) is 29.2 Å². The Morgan fingerprint density at radius 3 is 2.71 bits per heavy atom. The van der Waals surface area contributed by atoms with Crippen LogP contribution >= 0.6 is 0 Å². The van der Waals surface area contributed by atoms with Gasteiger partial charge in [-0.1, -0.05) is 0 Å². The van der Waals surface area contributed by atoms with Crippen LogP contribution < -0.4 is 4.74 Å². The van der Waals surface area contributed by atoms with Crippen LogP contribution in [0.25, 0.3) is 0 Å². The molecule has 1 saturated heterocycles. The molecule has 1 aliphatic carbocycles. The molecule has 1 atom stereocenters. The highest BCUT2D eigenvalue weighted by atomic mass is 16.5. The summed E-state index contributed by atoms with van der Waals surface area (Å²) in [5.74, 6) is 1.96. The molecule has 2 aromatic rings. The molecule has 1 aliphatic heterocycles. The van der Waals surface area contributed by atoms with Gasteiger partial charge >= 0.3 is 6.01 Å². The highest BCUT2D eigenvalue weighted by Gasteiger charge is 2.58. The molecule has 4 rings (SSSR count). The van der Waals surface area contributed by atoms with Crippen LogP contribution in [-0.2, 0) is 6.54 Å². The molecule has 0 amide bonds. The molecule has 2 fully saturated rings. The number of piperidine rings is 1.